The van der Waals surface area contributed by atoms with E-state index in [2.05, 4.69) is 10.6 Å². The second-order valence-electron chi connectivity index (χ2n) is 6.37. The minimum Gasteiger partial charge on any atom is -0.496 e. The lowest BCUT2D eigenvalue weighted by atomic mass is 10.1. The van der Waals surface area contributed by atoms with Crippen molar-refractivity contribution in [3.63, 3.8) is 0 Å². The van der Waals surface area contributed by atoms with Crippen LogP contribution in [0.15, 0.2) is 30.3 Å². The summed E-state index contributed by atoms with van der Waals surface area (Å²) in [6.07, 6.45) is 4.16. The van der Waals surface area contributed by atoms with Gasteiger partial charge in [0, 0.05) is 31.2 Å². The first kappa shape index (κ1) is 19.0. The molecule has 2 rings (SSSR count). The number of nitrogens with zero attached hydrogens (tertiary/aromatic N) is 1. The van der Waals surface area contributed by atoms with Crippen LogP contribution >= 0.6 is 0 Å². The maximum absolute atomic E-state index is 12.2. The molecule has 1 heterocycles. The molecular weight excluding hydrogens is 318 g/mol. The summed E-state index contributed by atoms with van der Waals surface area (Å²) in [6, 6.07) is 7.40. The Morgan fingerprint density at radius 1 is 1.44 bits per heavy atom. The van der Waals surface area contributed by atoms with Gasteiger partial charge in [0.05, 0.1) is 19.6 Å². The molecule has 0 radical (unpaired) electrons. The van der Waals surface area contributed by atoms with Gasteiger partial charge in [0.15, 0.2) is 0 Å². The van der Waals surface area contributed by atoms with Crippen LogP contribution in [0.1, 0.15) is 25.8 Å². The number of methoxy groups -OCH3 is 1. The standard InChI is InChI=1S/C19H27N3O3/c1-14(2)21-18(23)13-16-19(24)20-10-12-22(16)11-6-8-15-7-4-5-9-17(15)25-3/h4-9,14,16H,10-13H2,1-3H3,(H,20,24)(H,21,23)/b8-6+. The summed E-state index contributed by atoms with van der Waals surface area (Å²) < 4.78 is 5.33. The summed E-state index contributed by atoms with van der Waals surface area (Å²) in [7, 11) is 1.64. The predicted octanol–water partition coefficient (Wildman–Crippen LogP) is 1.42. The molecular formula is C19H27N3O3. The van der Waals surface area contributed by atoms with E-state index in [1.807, 2.05) is 55.2 Å². The van der Waals surface area contributed by atoms with Crippen molar-refractivity contribution in [2.24, 2.45) is 0 Å². The average molecular weight is 345 g/mol. The van der Waals surface area contributed by atoms with Gasteiger partial charge in [-0.25, -0.2) is 0 Å². The van der Waals surface area contributed by atoms with Crippen LogP contribution in [0.25, 0.3) is 6.08 Å². The Hall–Kier alpha value is -2.34. The van der Waals surface area contributed by atoms with Gasteiger partial charge in [0.25, 0.3) is 0 Å². The number of benzene rings is 1. The van der Waals surface area contributed by atoms with E-state index in [0.717, 1.165) is 17.9 Å². The molecule has 6 heteroatoms. The lowest BCUT2D eigenvalue weighted by Gasteiger charge is -2.34. The Morgan fingerprint density at radius 2 is 2.20 bits per heavy atom. The van der Waals surface area contributed by atoms with E-state index in [-0.39, 0.29) is 24.3 Å². The molecule has 2 N–H and O–H groups in total. The monoisotopic (exact) mass is 345 g/mol. The van der Waals surface area contributed by atoms with Crippen LogP contribution in [0.5, 0.6) is 5.75 Å². The molecule has 1 aliphatic heterocycles. The highest BCUT2D eigenvalue weighted by Crippen LogP contribution is 2.19. The molecule has 0 spiro atoms. The molecule has 1 aromatic carbocycles. The van der Waals surface area contributed by atoms with E-state index in [4.69, 9.17) is 4.74 Å². The SMILES string of the molecule is COc1ccccc1/C=C/CN1CCNC(=O)C1CC(=O)NC(C)C. The van der Waals surface area contributed by atoms with Crippen LogP contribution in [0, 0.1) is 0 Å². The number of amides is 2. The highest BCUT2D eigenvalue weighted by atomic mass is 16.5. The van der Waals surface area contributed by atoms with Gasteiger partial charge in [-0.2, -0.15) is 0 Å². The second kappa shape index (κ2) is 9.22. The number of carbonyl (C=O) groups is 2. The van der Waals surface area contributed by atoms with E-state index in [1.165, 1.54) is 0 Å². The Balaban J connectivity index is 2.01. The third kappa shape index (κ3) is 5.60. The number of hydrogen-bond donors (Lipinski definition) is 2. The summed E-state index contributed by atoms with van der Waals surface area (Å²) >= 11 is 0. The van der Waals surface area contributed by atoms with Crippen LogP contribution in [0.2, 0.25) is 0 Å². The molecule has 6 nitrogen and oxygen atoms in total. The van der Waals surface area contributed by atoms with Gasteiger partial charge in [0.2, 0.25) is 11.8 Å². The van der Waals surface area contributed by atoms with Crippen LogP contribution in [-0.4, -0.2) is 55.5 Å². The summed E-state index contributed by atoms with van der Waals surface area (Å²) in [5.41, 5.74) is 0.987. The summed E-state index contributed by atoms with van der Waals surface area (Å²) in [5.74, 6) is 0.620. The fraction of sp³-hybridized carbons (Fsp3) is 0.474. The molecule has 0 bridgehead atoms. The first-order valence-corrected chi connectivity index (χ1v) is 8.62. The van der Waals surface area contributed by atoms with E-state index in [1.54, 1.807) is 7.11 Å². The number of rotatable bonds is 7. The first-order valence-electron chi connectivity index (χ1n) is 8.62. The number of nitrogens with one attached hydrogen (secondary N) is 2. The molecule has 1 unspecified atom stereocenters. The number of hydrogen-bond acceptors (Lipinski definition) is 4. The van der Waals surface area contributed by atoms with Crippen LogP contribution in [-0.2, 0) is 9.59 Å². The van der Waals surface area contributed by atoms with Crippen molar-refractivity contribution in [2.45, 2.75) is 32.4 Å². The molecule has 0 saturated carbocycles. The van der Waals surface area contributed by atoms with Crippen molar-refractivity contribution in [3.8, 4) is 5.75 Å². The molecule has 2 amide bonds. The first-order chi connectivity index (χ1) is 12.0. The summed E-state index contributed by atoms with van der Waals surface area (Å²) in [6.45, 7) is 5.75. The maximum atomic E-state index is 12.2. The fourth-order valence-corrected chi connectivity index (χ4v) is 2.88. The van der Waals surface area contributed by atoms with Crippen molar-refractivity contribution in [3.05, 3.63) is 35.9 Å². The molecule has 0 aliphatic carbocycles. The topological polar surface area (TPSA) is 70.7 Å². The number of ether oxygens (including phenoxy) is 1. The highest BCUT2D eigenvalue weighted by Gasteiger charge is 2.30. The number of piperazine rings is 1. The van der Waals surface area contributed by atoms with E-state index in [0.29, 0.717) is 13.1 Å². The summed E-state index contributed by atoms with van der Waals surface area (Å²) in [4.78, 5) is 26.3. The smallest absolute Gasteiger partial charge is 0.237 e. The van der Waals surface area contributed by atoms with Gasteiger partial charge in [-0.15, -0.1) is 0 Å². The van der Waals surface area contributed by atoms with Gasteiger partial charge in [-0.1, -0.05) is 30.4 Å². The summed E-state index contributed by atoms with van der Waals surface area (Å²) in [5, 5.41) is 5.69. The molecule has 1 aliphatic rings. The maximum Gasteiger partial charge on any atom is 0.237 e. The number of para-hydroxylation sites is 1. The second-order valence-corrected chi connectivity index (χ2v) is 6.37. The third-order valence-electron chi connectivity index (χ3n) is 4.05. The minimum absolute atomic E-state index is 0.0676. The van der Waals surface area contributed by atoms with Crippen LogP contribution in [0.3, 0.4) is 0 Å². The lowest BCUT2D eigenvalue weighted by Crippen LogP contribution is -2.56. The third-order valence-corrected chi connectivity index (χ3v) is 4.05. The quantitative estimate of drug-likeness (QED) is 0.784. The van der Waals surface area contributed by atoms with Crippen molar-refractivity contribution >= 4 is 17.9 Å². The van der Waals surface area contributed by atoms with Crippen LogP contribution < -0.4 is 15.4 Å². The predicted molar refractivity (Wildman–Crippen MR) is 98.3 cm³/mol. The Labute approximate surface area is 149 Å². The lowest BCUT2D eigenvalue weighted by molar-refractivity contribution is -0.133. The van der Waals surface area contributed by atoms with Crippen molar-refractivity contribution in [1.29, 1.82) is 0 Å². The largest absolute Gasteiger partial charge is 0.496 e. The molecule has 1 atom stereocenters. The van der Waals surface area contributed by atoms with Crippen molar-refractivity contribution < 1.29 is 14.3 Å². The van der Waals surface area contributed by atoms with Gasteiger partial charge in [-0.3, -0.25) is 14.5 Å². The Morgan fingerprint density at radius 3 is 2.92 bits per heavy atom. The zero-order chi connectivity index (χ0) is 18.2. The van der Waals surface area contributed by atoms with Crippen LogP contribution in [0.4, 0.5) is 0 Å². The van der Waals surface area contributed by atoms with E-state index < -0.39 is 6.04 Å². The molecule has 136 valence electrons. The number of carbonyl (C=O) groups excluding carboxylic acids is 2. The fourth-order valence-electron chi connectivity index (χ4n) is 2.88. The van der Waals surface area contributed by atoms with Crippen molar-refractivity contribution in [2.75, 3.05) is 26.7 Å². The van der Waals surface area contributed by atoms with Crippen molar-refractivity contribution in [1.82, 2.24) is 15.5 Å². The highest BCUT2D eigenvalue weighted by molar-refractivity contribution is 5.88. The van der Waals surface area contributed by atoms with Gasteiger partial charge in [0.1, 0.15) is 5.75 Å². The average Bonchev–Trinajstić information content (AvgIpc) is 2.57. The van der Waals surface area contributed by atoms with Gasteiger partial charge >= 0.3 is 0 Å². The molecule has 1 fully saturated rings. The molecule has 0 aromatic heterocycles. The minimum atomic E-state index is -0.435. The zero-order valence-electron chi connectivity index (χ0n) is 15.1. The van der Waals surface area contributed by atoms with Gasteiger partial charge < -0.3 is 15.4 Å². The molecule has 1 saturated heterocycles. The van der Waals surface area contributed by atoms with Gasteiger partial charge in [-0.05, 0) is 19.9 Å². The Bertz CT molecular complexity index is 628. The van der Waals surface area contributed by atoms with E-state index in [9.17, 15) is 9.59 Å². The molecule has 25 heavy (non-hydrogen) atoms. The zero-order valence-corrected chi connectivity index (χ0v) is 15.1. The molecule has 1 aromatic rings. The Kier molecular flexibility index (Phi) is 7.01. The van der Waals surface area contributed by atoms with E-state index >= 15 is 0 Å². The normalized spacial score (nSPS) is 18.4.